The number of aromatic nitrogens is 5. The molecule has 1 fully saturated rings. The minimum absolute atomic E-state index is 0.0597. The zero-order valence-corrected chi connectivity index (χ0v) is 26.2. The number of carbonyl (C=O) groups is 2. The fourth-order valence-corrected chi connectivity index (χ4v) is 5.98. The molecule has 2 N–H and O–H groups in total. The molecule has 1 saturated heterocycles. The zero-order valence-electron chi connectivity index (χ0n) is 26.2. The van der Waals surface area contributed by atoms with Gasteiger partial charge in [0.2, 0.25) is 11.7 Å². The lowest BCUT2D eigenvalue weighted by molar-refractivity contribution is -0.137. The SMILES string of the molecule is CCc1c(N2CCN(C(=O)c3ncccc3O)CC2)c(=O)n2nc(C3C=COCC3)nc2n1CC(=O)Nc1ccc(C(F)(F)F)cc1C. The molecule has 0 radical (unpaired) electrons. The van der Waals surface area contributed by atoms with Crippen LogP contribution in [0.15, 0.2) is 53.7 Å². The minimum Gasteiger partial charge on any atom is -0.505 e. The molecule has 48 heavy (non-hydrogen) atoms. The van der Waals surface area contributed by atoms with E-state index in [1.54, 1.807) is 21.8 Å². The molecule has 4 aromatic rings. The topological polar surface area (TPSA) is 147 Å². The molecule has 2 amide bonds. The molecule has 1 atom stereocenters. The highest BCUT2D eigenvalue weighted by Crippen LogP contribution is 2.32. The van der Waals surface area contributed by atoms with Crippen LogP contribution in [0.3, 0.4) is 0 Å². The number of anilines is 2. The molecule has 252 valence electrons. The second-order valence-electron chi connectivity index (χ2n) is 11.5. The Hall–Kier alpha value is -5.41. The highest BCUT2D eigenvalue weighted by atomic mass is 19.4. The molecule has 0 saturated carbocycles. The first-order valence-electron chi connectivity index (χ1n) is 15.4. The number of ether oxygens (including phenoxy) is 1. The van der Waals surface area contributed by atoms with Gasteiger partial charge in [-0.1, -0.05) is 6.92 Å². The van der Waals surface area contributed by atoms with Gasteiger partial charge in [-0.2, -0.15) is 22.7 Å². The summed E-state index contributed by atoms with van der Waals surface area (Å²) in [5.74, 6) is -0.889. The number of amides is 2. The molecule has 13 nitrogen and oxygen atoms in total. The van der Waals surface area contributed by atoms with Gasteiger partial charge in [0.15, 0.2) is 11.5 Å². The number of carbonyl (C=O) groups excluding carboxylic acids is 2. The summed E-state index contributed by atoms with van der Waals surface area (Å²) in [4.78, 5) is 52.8. The van der Waals surface area contributed by atoms with E-state index in [1.807, 2.05) is 11.8 Å². The Morgan fingerprint density at radius 3 is 2.56 bits per heavy atom. The molecular formula is C32H33F3N8O5. The van der Waals surface area contributed by atoms with Crippen molar-refractivity contribution in [2.75, 3.05) is 43.0 Å². The van der Waals surface area contributed by atoms with Crippen molar-refractivity contribution in [2.45, 2.75) is 45.3 Å². The largest absolute Gasteiger partial charge is 0.505 e. The second kappa shape index (κ2) is 13.0. The van der Waals surface area contributed by atoms with Gasteiger partial charge in [0.25, 0.3) is 11.5 Å². The number of pyridine rings is 1. The highest BCUT2D eigenvalue weighted by molar-refractivity contribution is 5.95. The quantitative estimate of drug-likeness (QED) is 0.303. The number of halogens is 3. The number of piperazine rings is 1. The molecule has 0 spiro atoms. The molecule has 3 aromatic heterocycles. The van der Waals surface area contributed by atoms with Gasteiger partial charge in [0.1, 0.15) is 18.0 Å². The summed E-state index contributed by atoms with van der Waals surface area (Å²) in [6.07, 6.45) is 1.17. The normalized spacial score (nSPS) is 16.6. The number of fused-ring (bicyclic) bond motifs is 1. The number of aryl methyl sites for hydroxylation is 1. The van der Waals surface area contributed by atoms with Crippen LogP contribution in [0.25, 0.3) is 5.78 Å². The maximum atomic E-state index is 14.1. The Labute approximate surface area is 272 Å². The minimum atomic E-state index is -4.52. The van der Waals surface area contributed by atoms with Crippen molar-refractivity contribution >= 4 is 29.0 Å². The summed E-state index contributed by atoms with van der Waals surface area (Å²) >= 11 is 0. The van der Waals surface area contributed by atoms with Crippen molar-refractivity contribution in [3.05, 3.63) is 87.6 Å². The summed E-state index contributed by atoms with van der Waals surface area (Å²) in [5, 5.41) is 17.4. The Balaban J connectivity index is 1.35. The second-order valence-corrected chi connectivity index (χ2v) is 11.5. The smallest absolute Gasteiger partial charge is 0.416 e. The van der Waals surface area contributed by atoms with Gasteiger partial charge in [-0.3, -0.25) is 14.4 Å². The molecule has 1 aromatic carbocycles. The Morgan fingerprint density at radius 1 is 1.15 bits per heavy atom. The van der Waals surface area contributed by atoms with Crippen LogP contribution in [0.2, 0.25) is 0 Å². The van der Waals surface area contributed by atoms with E-state index in [2.05, 4.69) is 20.4 Å². The highest BCUT2D eigenvalue weighted by Gasteiger charge is 2.32. The summed E-state index contributed by atoms with van der Waals surface area (Å²) < 4.78 is 47.7. The van der Waals surface area contributed by atoms with Gasteiger partial charge in [-0.15, -0.1) is 5.10 Å². The molecule has 1 unspecified atom stereocenters. The lowest BCUT2D eigenvalue weighted by Gasteiger charge is -2.36. The number of alkyl halides is 3. The van der Waals surface area contributed by atoms with E-state index < -0.39 is 29.1 Å². The van der Waals surface area contributed by atoms with E-state index in [1.165, 1.54) is 35.8 Å². The predicted octanol–water partition coefficient (Wildman–Crippen LogP) is 3.50. The third-order valence-electron chi connectivity index (χ3n) is 8.46. The van der Waals surface area contributed by atoms with Crippen LogP contribution in [-0.4, -0.2) is 78.8 Å². The summed E-state index contributed by atoms with van der Waals surface area (Å²) in [6, 6.07) is 5.99. The molecule has 0 bridgehead atoms. The van der Waals surface area contributed by atoms with Crippen LogP contribution in [0.5, 0.6) is 5.75 Å². The van der Waals surface area contributed by atoms with Gasteiger partial charge >= 0.3 is 6.18 Å². The van der Waals surface area contributed by atoms with Gasteiger partial charge in [0, 0.05) is 44.0 Å². The fourth-order valence-electron chi connectivity index (χ4n) is 5.98. The lowest BCUT2D eigenvalue weighted by Crippen LogP contribution is -2.51. The number of rotatable bonds is 7. The fraction of sp³-hybridized carbons (Fsp3) is 0.375. The van der Waals surface area contributed by atoms with E-state index in [0.717, 1.165) is 12.1 Å². The van der Waals surface area contributed by atoms with E-state index >= 15 is 0 Å². The molecule has 16 heteroatoms. The van der Waals surface area contributed by atoms with Gasteiger partial charge in [-0.25, -0.2) is 4.98 Å². The van der Waals surface area contributed by atoms with Crippen molar-refractivity contribution in [3.8, 4) is 5.75 Å². The van der Waals surface area contributed by atoms with E-state index in [0.29, 0.717) is 36.7 Å². The third kappa shape index (κ3) is 6.29. The molecule has 2 aliphatic heterocycles. The Kier molecular flexibility index (Phi) is 8.81. The average Bonchev–Trinajstić information content (AvgIpc) is 3.53. The van der Waals surface area contributed by atoms with Gasteiger partial charge in [0.05, 0.1) is 24.1 Å². The molecule has 2 aliphatic rings. The first-order valence-corrected chi connectivity index (χ1v) is 15.4. The van der Waals surface area contributed by atoms with Crippen LogP contribution in [-0.2, 0) is 28.7 Å². The third-order valence-corrected chi connectivity index (χ3v) is 8.46. The van der Waals surface area contributed by atoms with Crippen molar-refractivity contribution in [2.24, 2.45) is 0 Å². The van der Waals surface area contributed by atoms with Crippen LogP contribution in [0, 0.1) is 6.92 Å². The Morgan fingerprint density at radius 2 is 1.92 bits per heavy atom. The average molecular weight is 667 g/mol. The van der Waals surface area contributed by atoms with Crippen molar-refractivity contribution in [1.82, 2.24) is 29.0 Å². The number of nitrogens with zero attached hydrogens (tertiary/aromatic N) is 7. The van der Waals surface area contributed by atoms with Crippen LogP contribution < -0.4 is 15.8 Å². The summed E-state index contributed by atoms with van der Waals surface area (Å²) in [6.45, 7) is 4.47. The maximum Gasteiger partial charge on any atom is 0.416 e. The molecule has 5 heterocycles. The number of nitrogens with one attached hydrogen (secondary N) is 1. The van der Waals surface area contributed by atoms with E-state index in [9.17, 15) is 32.7 Å². The van der Waals surface area contributed by atoms with Gasteiger partial charge < -0.3 is 29.5 Å². The zero-order chi connectivity index (χ0) is 34.2. The number of hydrogen-bond donors (Lipinski definition) is 2. The van der Waals surface area contributed by atoms with Crippen LogP contribution >= 0.6 is 0 Å². The lowest BCUT2D eigenvalue weighted by atomic mass is 10.0. The monoisotopic (exact) mass is 666 g/mol. The summed E-state index contributed by atoms with van der Waals surface area (Å²) in [5.41, 5.74) is -0.0511. The molecular weight excluding hydrogens is 633 g/mol. The summed E-state index contributed by atoms with van der Waals surface area (Å²) in [7, 11) is 0. The van der Waals surface area contributed by atoms with E-state index in [-0.39, 0.29) is 67.1 Å². The number of allylic oxidation sites excluding steroid dienone is 1. The van der Waals surface area contributed by atoms with Crippen molar-refractivity contribution < 1.29 is 32.6 Å². The van der Waals surface area contributed by atoms with Crippen molar-refractivity contribution in [3.63, 3.8) is 0 Å². The maximum absolute atomic E-state index is 14.1. The predicted molar refractivity (Wildman–Crippen MR) is 168 cm³/mol. The van der Waals surface area contributed by atoms with Gasteiger partial charge in [-0.05, 0) is 61.7 Å². The molecule has 6 rings (SSSR count). The first-order chi connectivity index (χ1) is 23.0. The number of aromatic hydroxyl groups is 1. The first kappa shape index (κ1) is 32.5. The van der Waals surface area contributed by atoms with Crippen LogP contribution in [0.1, 0.15) is 52.4 Å². The Bertz CT molecular complexity index is 1960. The number of benzene rings is 1. The molecule has 0 aliphatic carbocycles. The van der Waals surface area contributed by atoms with Crippen LogP contribution in [0.4, 0.5) is 24.5 Å². The standard InChI is InChI=1S/C32H33F3N8O5/c1-3-23-27(40-11-13-41(14-12-40)29(46)26-24(44)5-4-10-36-26)30(47)43-31(38-28(39-43)20-8-15-48-16-9-20)42(23)18-25(45)37-22-7-6-21(17-19(22)2)32(33,34)35/h4-8,10,15,17,20,44H,3,9,11-14,16,18H2,1-2H3,(H,37,45). The number of hydrogen-bond acceptors (Lipinski definition) is 9. The van der Waals surface area contributed by atoms with E-state index in [4.69, 9.17) is 4.74 Å². The van der Waals surface area contributed by atoms with Crippen molar-refractivity contribution in [1.29, 1.82) is 0 Å².